The SMILES string of the molecule is CCNC(=CC(=O)c1ccc(C)o1)SC. The lowest BCUT2D eigenvalue weighted by Gasteiger charge is -2.03. The van der Waals surface area contributed by atoms with Crippen molar-refractivity contribution >= 4 is 17.5 Å². The molecule has 4 heteroatoms. The number of nitrogens with one attached hydrogen (secondary N) is 1. The van der Waals surface area contributed by atoms with Gasteiger partial charge in [0, 0.05) is 12.6 Å². The normalized spacial score (nSPS) is 11.5. The minimum atomic E-state index is -0.103. The number of hydrogen-bond acceptors (Lipinski definition) is 4. The minimum absolute atomic E-state index is 0.103. The van der Waals surface area contributed by atoms with E-state index in [4.69, 9.17) is 4.42 Å². The van der Waals surface area contributed by atoms with Gasteiger partial charge in [-0.15, -0.1) is 11.8 Å². The first-order chi connectivity index (χ1) is 7.17. The van der Waals surface area contributed by atoms with Crippen LogP contribution >= 0.6 is 11.8 Å². The van der Waals surface area contributed by atoms with Gasteiger partial charge in [0.05, 0.1) is 5.03 Å². The van der Waals surface area contributed by atoms with E-state index in [1.165, 1.54) is 11.8 Å². The molecule has 15 heavy (non-hydrogen) atoms. The number of allylic oxidation sites excluding steroid dienone is 1. The van der Waals surface area contributed by atoms with E-state index in [0.717, 1.165) is 17.3 Å². The second kappa shape index (κ2) is 5.66. The van der Waals surface area contributed by atoms with Crippen molar-refractivity contribution in [1.29, 1.82) is 0 Å². The summed E-state index contributed by atoms with van der Waals surface area (Å²) in [5.41, 5.74) is 0. The molecular formula is C11H15NO2S. The van der Waals surface area contributed by atoms with Crippen molar-refractivity contribution in [2.45, 2.75) is 13.8 Å². The van der Waals surface area contributed by atoms with Crippen molar-refractivity contribution in [3.63, 3.8) is 0 Å². The molecule has 0 aliphatic carbocycles. The highest BCUT2D eigenvalue weighted by Gasteiger charge is 2.08. The van der Waals surface area contributed by atoms with Crippen LogP contribution in [0, 0.1) is 6.92 Å². The molecule has 82 valence electrons. The van der Waals surface area contributed by atoms with Crippen LogP contribution in [-0.4, -0.2) is 18.6 Å². The quantitative estimate of drug-likeness (QED) is 0.618. The molecule has 0 radical (unpaired) electrons. The molecular weight excluding hydrogens is 210 g/mol. The molecule has 0 spiro atoms. The molecule has 0 aliphatic heterocycles. The molecule has 0 saturated carbocycles. The molecule has 0 fully saturated rings. The molecule has 1 aromatic heterocycles. The maximum atomic E-state index is 11.7. The first-order valence-corrected chi connectivity index (χ1v) is 6.00. The Morgan fingerprint density at radius 3 is 2.80 bits per heavy atom. The van der Waals surface area contributed by atoms with Crippen LogP contribution in [0.1, 0.15) is 23.2 Å². The lowest BCUT2D eigenvalue weighted by atomic mass is 10.3. The smallest absolute Gasteiger partial charge is 0.223 e. The summed E-state index contributed by atoms with van der Waals surface area (Å²) in [7, 11) is 0. The third kappa shape index (κ3) is 3.47. The van der Waals surface area contributed by atoms with Gasteiger partial charge in [0.2, 0.25) is 5.78 Å². The van der Waals surface area contributed by atoms with Crippen LogP contribution in [0.4, 0.5) is 0 Å². The number of rotatable bonds is 5. The largest absolute Gasteiger partial charge is 0.458 e. The van der Waals surface area contributed by atoms with Crippen LogP contribution in [0.25, 0.3) is 0 Å². The van der Waals surface area contributed by atoms with Gasteiger partial charge in [-0.2, -0.15) is 0 Å². The fourth-order valence-corrected chi connectivity index (χ4v) is 1.63. The predicted molar refractivity (Wildman–Crippen MR) is 63.1 cm³/mol. The molecule has 0 bridgehead atoms. The summed E-state index contributed by atoms with van der Waals surface area (Å²) in [6.45, 7) is 4.61. The Balaban J connectivity index is 2.76. The van der Waals surface area contributed by atoms with Crippen LogP contribution in [0.2, 0.25) is 0 Å². The molecule has 1 aromatic rings. The lowest BCUT2D eigenvalue weighted by molar-refractivity contribution is 0.102. The van der Waals surface area contributed by atoms with E-state index < -0.39 is 0 Å². The van der Waals surface area contributed by atoms with Gasteiger partial charge in [0.1, 0.15) is 5.76 Å². The molecule has 0 atom stereocenters. The average Bonchev–Trinajstić information content (AvgIpc) is 2.64. The van der Waals surface area contributed by atoms with E-state index in [2.05, 4.69) is 5.32 Å². The van der Waals surface area contributed by atoms with Gasteiger partial charge in [-0.05, 0) is 32.2 Å². The summed E-state index contributed by atoms with van der Waals surface area (Å²) in [4.78, 5) is 11.7. The molecule has 0 aromatic carbocycles. The molecule has 1 N–H and O–H groups in total. The zero-order valence-corrected chi connectivity index (χ0v) is 9.98. The monoisotopic (exact) mass is 225 g/mol. The van der Waals surface area contributed by atoms with Gasteiger partial charge in [0.15, 0.2) is 5.76 Å². The van der Waals surface area contributed by atoms with Crippen molar-refractivity contribution in [2.24, 2.45) is 0 Å². The van der Waals surface area contributed by atoms with E-state index in [-0.39, 0.29) is 5.78 Å². The van der Waals surface area contributed by atoms with Gasteiger partial charge < -0.3 is 9.73 Å². The lowest BCUT2D eigenvalue weighted by Crippen LogP contribution is -2.11. The third-order valence-electron chi connectivity index (χ3n) is 1.82. The van der Waals surface area contributed by atoms with Gasteiger partial charge in [-0.25, -0.2) is 0 Å². The van der Waals surface area contributed by atoms with Crippen LogP contribution in [0.3, 0.4) is 0 Å². The van der Waals surface area contributed by atoms with Crippen molar-refractivity contribution in [3.05, 3.63) is 34.8 Å². The molecule has 0 aliphatic rings. The Hall–Kier alpha value is -1.16. The van der Waals surface area contributed by atoms with E-state index in [1.807, 2.05) is 20.1 Å². The molecule has 0 saturated heterocycles. The summed E-state index contributed by atoms with van der Waals surface area (Å²) in [6.07, 6.45) is 3.49. The zero-order chi connectivity index (χ0) is 11.3. The Morgan fingerprint density at radius 1 is 1.60 bits per heavy atom. The van der Waals surface area contributed by atoms with Gasteiger partial charge in [-0.1, -0.05) is 0 Å². The number of carbonyl (C=O) groups is 1. The van der Waals surface area contributed by atoms with E-state index >= 15 is 0 Å². The Morgan fingerprint density at radius 2 is 2.33 bits per heavy atom. The first kappa shape index (κ1) is 11.9. The van der Waals surface area contributed by atoms with Crippen molar-refractivity contribution < 1.29 is 9.21 Å². The second-order valence-electron chi connectivity index (χ2n) is 3.02. The fraction of sp³-hybridized carbons (Fsp3) is 0.364. The molecule has 3 nitrogen and oxygen atoms in total. The number of carbonyl (C=O) groups excluding carboxylic acids is 1. The van der Waals surface area contributed by atoms with Gasteiger partial charge in [-0.3, -0.25) is 4.79 Å². The van der Waals surface area contributed by atoms with Gasteiger partial charge in [0.25, 0.3) is 0 Å². The van der Waals surface area contributed by atoms with E-state index in [1.54, 1.807) is 18.2 Å². The fourth-order valence-electron chi connectivity index (χ4n) is 1.11. The first-order valence-electron chi connectivity index (χ1n) is 4.77. The van der Waals surface area contributed by atoms with Crippen molar-refractivity contribution in [1.82, 2.24) is 5.32 Å². The maximum absolute atomic E-state index is 11.7. The van der Waals surface area contributed by atoms with Crippen molar-refractivity contribution in [2.75, 3.05) is 12.8 Å². The topological polar surface area (TPSA) is 42.2 Å². The third-order valence-corrected chi connectivity index (χ3v) is 2.52. The Labute approximate surface area is 93.9 Å². The number of furan rings is 1. The number of ketones is 1. The predicted octanol–water partition coefficient (Wildman–Crippen LogP) is 2.58. The molecule has 0 unspecified atom stereocenters. The van der Waals surface area contributed by atoms with E-state index in [0.29, 0.717) is 5.76 Å². The average molecular weight is 225 g/mol. The summed E-state index contributed by atoms with van der Waals surface area (Å²) in [6, 6.07) is 3.48. The summed E-state index contributed by atoms with van der Waals surface area (Å²) in [5.74, 6) is 1.03. The summed E-state index contributed by atoms with van der Waals surface area (Å²) < 4.78 is 5.24. The highest BCUT2D eigenvalue weighted by molar-refractivity contribution is 8.02. The maximum Gasteiger partial charge on any atom is 0.223 e. The van der Waals surface area contributed by atoms with E-state index in [9.17, 15) is 4.79 Å². The number of thioether (sulfide) groups is 1. The van der Waals surface area contributed by atoms with Crippen molar-refractivity contribution in [3.8, 4) is 0 Å². The minimum Gasteiger partial charge on any atom is -0.458 e. The zero-order valence-electron chi connectivity index (χ0n) is 9.16. The number of hydrogen-bond donors (Lipinski definition) is 1. The highest BCUT2D eigenvalue weighted by Crippen LogP contribution is 2.12. The molecule has 1 rings (SSSR count). The molecule has 1 heterocycles. The Bertz CT molecular complexity index is 368. The standard InChI is InChI=1S/C11H15NO2S/c1-4-12-11(15-3)7-9(13)10-6-5-8(2)14-10/h5-7,12H,4H2,1-3H3. The number of aryl methyl sites for hydroxylation is 1. The highest BCUT2D eigenvalue weighted by atomic mass is 32.2. The summed E-state index contributed by atoms with van der Waals surface area (Å²) in [5, 5.41) is 3.96. The van der Waals surface area contributed by atoms with Crippen LogP contribution in [0.15, 0.2) is 27.7 Å². The van der Waals surface area contributed by atoms with Crippen LogP contribution in [0.5, 0.6) is 0 Å². The van der Waals surface area contributed by atoms with Gasteiger partial charge >= 0.3 is 0 Å². The second-order valence-corrected chi connectivity index (χ2v) is 3.87. The summed E-state index contributed by atoms with van der Waals surface area (Å²) >= 11 is 1.51. The Kier molecular flexibility index (Phi) is 4.49. The van der Waals surface area contributed by atoms with Crippen LogP contribution in [-0.2, 0) is 0 Å². The van der Waals surface area contributed by atoms with Crippen LogP contribution < -0.4 is 5.32 Å². The molecule has 0 amide bonds.